The van der Waals surface area contributed by atoms with Crippen LogP contribution in [0.1, 0.15) is 17.0 Å². The van der Waals surface area contributed by atoms with Gasteiger partial charge in [-0.3, -0.25) is 9.97 Å². The van der Waals surface area contributed by atoms with Gasteiger partial charge in [-0.2, -0.15) is 0 Å². The summed E-state index contributed by atoms with van der Waals surface area (Å²) in [5.41, 5.74) is 2.80. The van der Waals surface area contributed by atoms with Crippen LogP contribution >= 0.6 is 15.9 Å². The van der Waals surface area contributed by atoms with Crippen LogP contribution in [0, 0.1) is 6.92 Å². The Morgan fingerprint density at radius 1 is 1.25 bits per heavy atom. The Hall–Kier alpha value is -1.66. The number of benzene rings is 1. The smallest absolute Gasteiger partial charge is 0.172 e. The van der Waals surface area contributed by atoms with Crippen molar-refractivity contribution in [3.63, 3.8) is 0 Å². The maximum atomic E-state index is 9.74. The molecule has 0 bridgehead atoms. The minimum Gasteiger partial charge on any atom is -0.503 e. The molecule has 0 spiro atoms. The number of hydrogen-bond donors (Lipinski definition) is 2. The molecular formula is C14H16BrN3O2. The highest BCUT2D eigenvalue weighted by atomic mass is 79.9. The van der Waals surface area contributed by atoms with E-state index in [-0.39, 0.29) is 5.75 Å². The van der Waals surface area contributed by atoms with Crippen molar-refractivity contribution >= 4 is 15.9 Å². The van der Waals surface area contributed by atoms with Crippen molar-refractivity contribution in [2.75, 3.05) is 7.11 Å². The number of phenols is 1. The van der Waals surface area contributed by atoms with Gasteiger partial charge < -0.3 is 15.2 Å². The molecule has 1 heterocycles. The molecular weight excluding hydrogens is 322 g/mol. The molecule has 0 saturated carbocycles. The Labute approximate surface area is 126 Å². The molecule has 5 nitrogen and oxygen atoms in total. The van der Waals surface area contributed by atoms with Crippen molar-refractivity contribution in [2.45, 2.75) is 20.0 Å². The predicted molar refractivity (Wildman–Crippen MR) is 79.7 cm³/mol. The summed E-state index contributed by atoms with van der Waals surface area (Å²) in [6.07, 6.45) is 3.51. The maximum absolute atomic E-state index is 9.74. The number of nitrogens with one attached hydrogen (secondary N) is 1. The van der Waals surface area contributed by atoms with E-state index in [1.54, 1.807) is 18.5 Å². The number of aromatic nitrogens is 2. The molecule has 106 valence electrons. The average Bonchev–Trinajstić information content (AvgIpc) is 2.44. The molecule has 0 aliphatic rings. The normalized spacial score (nSPS) is 10.6. The first kappa shape index (κ1) is 14.7. The first-order valence-electron chi connectivity index (χ1n) is 6.13. The Balaban J connectivity index is 1.97. The fraction of sp³-hybridized carbons (Fsp3) is 0.286. The molecule has 6 heteroatoms. The first-order valence-corrected chi connectivity index (χ1v) is 6.93. The van der Waals surface area contributed by atoms with Crippen LogP contribution < -0.4 is 10.1 Å². The monoisotopic (exact) mass is 337 g/mol. The lowest BCUT2D eigenvalue weighted by Crippen LogP contribution is -2.14. The maximum Gasteiger partial charge on any atom is 0.172 e. The highest BCUT2D eigenvalue weighted by Crippen LogP contribution is 2.35. The van der Waals surface area contributed by atoms with E-state index in [1.165, 1.54) is 7.11 Å². The molecule has 0 unspecified atom stereocenters. The summed E-state index contributed by atoms with van der Waals surface area (Å²) in [6.45, 7) is 3.18. The van der Waals surface area contributed by atoms with Crippen molar-refractivity contribution in [3.8, 4) is 11.5 Å². The number of ether oxygens (including phenoxy) is 1. The van der Waals surface area contributed by atoms with E-state index < -0.39 is 0 Å². The molecule has 0 radical (unpaired) electrons. The third-order valence-corrected chi connectivity index (χ3v) is 3.38. The number of aromatic hydroxyl groups is 1. The van der Waals surface area contributed by atoms with Gasteiger partial charge in [0.15, 0.2) is 11.5 Å². The zero-order valence-corrected chi connectivity index (χ0v) is 12.9. The first-order chi connectivity index (χ1) is 9.60. The topological polar surface area (TPSA) is 67.3 Å². The van der Waals surface area contributed by atoms with E-state index in [1.807, 2.05) is 13.0 Å². The largest absolute Gasteiger partial charge is 0.503 e. The zero-order chi connectivity index (χ0) is 14.5. The van der Waals surface area contributed by atoms with Gasteiger partial charge in [0.05, 0.1) is 23.0 Å². The highest BCUT2D eigenvalue weighted by Gasteiger charge is 2.08. The Kier molecular flexibility index (Phi) is 4.92. The standard InChI is InChI=1S/C14H16BrN3O2/c1-9-5-18-11(8-17-9)7-16-6-10-3-12(15)14(19)13(4-10)20-2/h3-5,8,16,19H,6-7H2,1-2H3. The fourth-order valence-electron chi connectivity index (χ4n) is 1.73. The molecule has 20 heavy (non-hydrogen) atoms. The van der Waals surface area contributed by atoms with Crippen molar-refractivity contribution in [2.24, 2.45) is 0 Å². The van der Waals surface area contributed by atoms with Crippen LogP contribution in [0.2, 0.25) is 0 Å². The van der Waals surface area contributed by atoms with Crippen molar-refractivity contribution < 1.29 is 9.84 Å². The summed E-state index contributed by atoms with van der Waals surface area (Å²) < 4.78 is 5.73. The number of rotatable bonds is 5. The molecule has 1 aromatic carbocycles. The number of methoxy groups -OCH3 is 1. The Bertz CT molecular complexity index is 588. The summed E-state index contributed by atoms with van der Waals surface area (Å²) in [5.74, 6) is 0.562. The van der Waals surface area contributed by atoms with Crippen LogP contribution in [-0.4, -0.2) is 22.2 Å². The third-order valence-electron chi connectivity index (χ3n) is 2.78. The van der Waals surface area contributed by atoms with Gasteiger partial charge in [-0.05, 0) is 40.5 Å². The summed E-state index contributed by atoms with van der Waals surface area (Å²) in [4.78, 5) is 8.47. The van der Waals surface area contributed by atoms with E-state index in [0.717, 1.165) is 17.0 Å². The number of aryl methyl sites for hydroxylation is 1. The average molecular weight is 338 g/mol. The van der Waals surface area contributed by atoms with Crippen LogP contribution in [0.15, 0.2) is 29.0 Å². The second kappa shape index (κ2) is 6.67. The van der Waals surface area contributed by atoms with Gasteiger partial charge in [-0.1, -0.05) is 0 Å². The fourth-order valence-corrected chi connectivity index (χ4v) is 2.22. The number of hydrogen-bond acceptors (Lipinski definition) is 5. The molecule has 0 atom stereocenters. The van der Waals surface area contributed by atoms with Gasteiger partial charge >= 0.3 is 0 Å². The van der Waals surface area contributed by atoms with Gasteiger partial charge in [-0.15, -0.1) is 0 Å². The lowest BCUT2D eigenvalue weighted by molar-refractivity contribution is 0.371. The quantitative estimate of drug-likeness (QED) is 0.877. The lowest BCUT2D eigenvalue weighted by Gasteiger charge is -2.09. The Morgan fingerprint density at radius 3 is 2.70 bits per heavy atom. The number of nitrogens with zero attached hydrogens (tertiary/aromatic N) is 2. The van der Waals surface area contributed by atoms with Crippen molar-refractivity contribution in [1.29, 1.82) is 0 Å². The van der Waals surface area contributed by atoms with E-state index in [4.69, 9.17) is 4.74 Å². The second-order valence-corrected chi connectivity index (χ2v) is 5.24. The minimum absolute atomic E-state index is 0.112. The van der Waals surface area contributed by atoms with E-state index in [2.05, 4.69) is 31.2 Å². The van der Waals surface area contributed by atoms with Gasteiger partial charge in [0.25, 0.3) is 0 Å². The van der Waals surface area contributed by atoms with Crippen molar-refractivity contribution in [3.05, 3.63) is 46.0 Å². The van der Waals surface area contributed by atoms with Gasteiger partial charge in [0.1, 0.15) is 0 Å². The third kappa shape index (κ3) is 3.68. The van der Waals surface area contributed by atoms with Crippen LogP contribution in [-0.2, 0) is 13.1 Å². The molecule has 0 fully saturated rings. The molecule has 2 aromatic rings. The van der Waals surface area contributed by atoms with E-state index >= 15 is 0 Å². The molecule has 0 aliphatic heterocycles. The highest BCUT2D eigenvalue weighted by molar-refractivity contribution is 9.10. The zero-order valence-electron chi connectivity index (χ0n) is 11.4. The SMILES string of the molecule is COc1cc(CNCc2cnc(C)cn2)cc(Br)c1O. The predicted octanol–water partition coefficient (Wildman–Crippen LogP) is 2.55. The summed E-state index contributed by atoms with van der Waals surface area (Å²) in [6, 6.07) is 3.65. The van der Waals surface area contributed by atoms with Crippen molar-refractivity contribution in [1.82, 2.24) is 15.3 Å². The minimum atomic E-state index is 0.112. The summed E-state index contributed by atoms with van der Waals surface area (Å²) in [7, 11) is 1.53. The van der Waals surface area contributed by atoms with Crippen LogP contribution in [0.5, 0.6) is 11.5 Å². The molecule has 0 saturated heterocycles. The van der Waals surface area contributed by atoms with Crippen LogP contribution in [0.3, 0.4) is 0 Å². The molecule has 0 aliphatic carbocycles. The van der Waals surface area contributed by atoms with Gasteiger partial charge in [-0.25, -0.2) is 0 Å². The number of phenolic OH excluding ortho intramolecular Hbond substituents is 1. The molecule has 2 rings (SSSR count). The van der Waals surface area contributed by atoms with E-state index in [0.29, 0.717) is 23.3 Å². The van der Waals surface area contributed by atoms with E-state index in [9.17, 15) is 5.11 Å². The van der Waals surface area contributed by atoms with Gasteiger partial charge in [0, 0.05) is 25.5 Å². The van der Waals surface area contributed by atoms with Crippen LogP contribution in [0.25, 0.3) is 0 Å². The molecule has 0 amide bonds. The summed E-state index contributed by atoms with van der Waals surface area (Å²) >= 11 is 3.30. The Morgan fingerprint density at radius 2 is 2.05 bits per heavy atom. The lowest BCUT2D eigenvalue weighted by atomic mass is 10.2. The molecule has 2 N–H and O–H groups in total. The molecule has 1 aromatic heterocycles. The second-order valence-electron chi connectivity index (χ2n) is 4.38. The van der Waals surface area contributed by atoms with Gasteiger partial charge in [0.2, 0.25) is 0 Å². The van der Waals surface area contributed by atoms with Crippen LogP contribution in [0.4, 0.5) is 0 Å². The summed E-state index contributed by atoms with van der Waals surface area (Å²) in [5, 5.41) is 13.0. The number of halogens is 1.